The van der Waals surface area contributed by atoms with Crippen LogP contribution in [0.25, 0.3) is 0 Å². The number of amides is 1. The zero-order chi connectivity index (χ0) is 17.7. The molecule has 0 aromatic heterocycles. The number of nitrogens with zero attached hydrogens (tertiary/aromatic N) is 2. The van der Waals surface area contributed by atoms with Crippen LogP contribution in [0.2, 0.25) is 0 Å². The third-order valence-electron chi connectivity index (χ3n) is 3.25. The van der Waals surface area contributed by atoms with Gasteiger partial charge in [0.05, 0.1) is 6.54 Å². The fraction of sp³-hybridized carbons (Fsp3) is 0.882. The largest absolute Gasteiger partial charge is 0.355 e. The second-order valence-electron chi connectivity index (χ2n) is 6.11. The van der Waals surface area contributed by atoms with E-state index < -0.39 is 0 Å². The summed E-state index contributed by atoms with van der Waals surface area (Å²) in [5.74, 6) is 0.507. The van der Waals surface area contributed by atoms with Crippen molar-refractivity contribution in [2.45, 2.75) is 41.5 Å². The minimum Gasteiger partial charge on any atom is -0.355 e. The highest BCUT2D eigenvalue weighted by atomic mass is 16.1. The molecule has 5 heteroatoms. The summed E-state index contributed by atoms with van der Waals surface area (Å²) >= 11 is 0. The molecule has 0 saturated carbocycles. The number of ketones is 1. The van der Waals surface area contributed by atoms with Crippen molar-refractivity contribution in [2.75, 3.05) is 46.8 Å². The zero-order valence-corrected chi connectivity index (χ0v) is 15.9. The molecule has 0 aliphatic rings. The molecule has 0 atom stereocenters. The van der Waals surface area contributed by atoms with E-state index in [1.54, 1.807) is 0 Å². The molecular weight excluding hydrogens is 278 g/mol. The summed E-state index contributed by atoms with van der Waals surface area (Å²) in [4.78, 5) is 27.2. The number of nitrogens with one attached hydrogen (secondary N) is 1. The van der Waals surface area contributed by atoms with Crippen molar-refractivity contribution in [1.29, 1.82) is 0 Å². The van der Waals surface area contributed by atoms with Crippen molar-refractivity contribution in [3.05, 3.63) is 0 Å². The van der Waals surface area contributed by atoms with Gasteiger partial charge in [-0.2, -0.15) is 0 Å². The number of carbonyl (C=O) groups is 2. The first kappa shape index (κ1) is 23.3. The van der Waals surface area contributed by atoms with Crippen LogP contribution in [-0.2, 0) is 9.59 Å². The highest BCUT2D eigenvalue weighted by Gasteiger charge is 2.11. The molecule has 0 spiro atoms. The standard InChI is InChI=1S/C15H31N3O2.C2H6/c1-12(2)14(19)11-18(6)10-9-17(5)8-7-16-15(20)13(3)4;1-2/h12-13H,7-11H2,1-6H3,(H,16,20);1-2H3. The van der Waals surface area contributed by atoms with E-state index in [0.717, 1.165) is 19.6 Å². The third kappa shape index (κ3) is 12.8. The van der Waals surface area contributed by atoms with Gasteiger partial charge >= 0.3 is 0 Å². The Labute approximate surface area is 137 Å². The van der Waals surface area contributed by atoms with Gasteiger partial charge in [0.25, 0.3) is 0 Å². The Balaban J connectivity index is 0. The Morgan fingerprint density at radius 3 is 1.82 bits per heavy atom. The molecule has 0 saturated heterocycles. The molecule has 0 bridgehead atoms. The van der Waals surface area contributed by atoms with E-state index in [1.165, 1.54) is 0 Å². The minimum absolute atomic E-state index is 0.0356. The Morgan fingerprint density at radius 2 is 1.36 bits per heavy atom. The van der Waals surface area contributed by atoms with Gasteiger partial charge in [0.1, 0.15) is 5.78 Å². The summed E-state index contributed by atoms with van der Waals surface area (Å²) in [6, 6.07) is 0. The fourth-order valence-corrected chi connectivity index (χ4v) is 1.55. The van der Waals surface area contributed by atoms with Crippen molar-refractivity contribution >= 4 is 11.7 Å². The number of carbonyl (C=O) groups excluding carboxylic acids is 2. The summed E-state index contributed by atoms with van der Waals surface area (Å²) in [6.07, 6.45) is 0. The van der Waals surface area contributed by atoms with E-state index in [4.69, 9.17) is 0 Å². The number of Topliss-reactive ketones (excluding diaryl/α,β-unsaturated/α-hetero) is 1. The van der Waals surface area contributed by atoms with Crippen LogP contribution in [0.4, 0.5) is 0 Å². The second-order valence-corrected chi connectivity index (χ2v) is 6.11. The van der Waals surface area contributed by atoms with Crippen molar-refractivity contribution < 1.29 is 9.59 Å². The van der Waals surface area contributed by atoms with Crippen LogP contribution in [0, 0.1) is 11.8 Å². The predicted octanol–water partition coefficient (Wildman–Crippen LogP) is 1.87. The van der Waals surface area contributed by atoms with Gasteiger partial charge in [-0.05, 0) is 14.1 Å². The SMILES string of the molecule is CC.CC(C)C(=O)CN(C)CCN(C)CCNC(=O)C(C)C. The van der Waals surface area contributed by atoms with E-state index in [0.29, 0.717) is 13.1 Å². The molecule has 0 fully saturated rings. The first-order valence-electron chi connectivity index (χ1n) is 8.41. The lowest BCUT2D eigenvalue weighted by atomic mass is 10.1. The molecule has 5 nitrogen and oxygen atoms in total. The lowest BCUT2D eigenvalue weighted by Gasteiger charge is -2.22. The Morgan fingerprint density at radius 1 is 0.864 bits per heavy atom. The number of rotatable bonds is 10. The molecule has 1 amide bonds. The van der Waals surface area contributed by atoms with Gasteiger partial charge in [0.15, 0.2) is 0 Å². The van der Waals surface area contributed by atoms with Gasteiger partial charge < -0.3 is 10.2 Å². The molecule has 0 rings (SSSR count). The Hall–Kier alpha value is -0.940. The molecule has 0 aromatic rings. The summed E-state index contributed by atoms with van der Waals surface area (Å²) < 4.78 is 0. The predicted molar refractivity (Wildman–Crippen MR) is 94.0 cm³/mol. The van der Waals surface area contributed by atoms with Gasteiger partial charge in [-0.3, -0.25) is 14.5 Å². The maximum Gasteiger partial charge on any atom is 0.222 e. The van der Waals surface area contributed by atoms with Gasteiger partial charge in [-0.25, -0.2) is 0 Å². The van der Waals surface area contributed by atoms with Crippen LogP contribution in [0.1, 0.15) is 41.5 Å². The molecule has 0 aliphatic carbocycles. The Bertz CT molecular complexity index is 304. The van der Waals surface area contributed by atoms with Crippen LogP contribution in [0.5, 0.6) is 0 Å². The van der Waals surface area contributed by atoms with Gasteiger partial charge in [-0.1, -0.05) is 41.5 Å². The average molecular weight is 316 g/mol. The van der Waals surface area contributed by atoms with Crippen LogP contribution < -0.4 is 5.32 Å². The maximum atomic E-state index is 11.6. The average Bonchev–Trinajstić information content (AvgIpc) is 2.46. The van der Waals surface area contributed by atoms with Crippen molar-refractivity contribution in [3.8, 4) is 0 Å². The quantitative estimate of drug-likeness (QED) is 0.669. The first-order valence-corrected chi connectivity index (χ1v) is 8.41. The second kappa shape index (κ2) is 13.7. The van der Waals surface area contributed by atoms with Crippen molar-refractivity contribution in [1.82, 2.24) is 15.1 Å². The van der Waals surface area contributed by atoms with Crippen LogP contribution >= 0.6 is 0 Å². The molecule has 0 radical (unpaired) electrons. The summed E-state index contributed by atoms with van der Waals surface area (Å²) in [5.41, 5.74) is 0. The van der Waals surface area contributed by atoms with Gasteiger partial charge in [-0.15, -0.1) is 0 Å². The first-order chi connectivity index (χ1) is 10.2. The monoisotopic (exact) mass is 315 g/mol. The molecule has 1 N–H and O–H groups in total. The van der Waals surface area contributed by atoms with E-state index in [9.17, 15) is 9.59 Å². The van der Waals surface area contributed by atoms with Crippen LogP contribution in [0.15, 0.2) is 0 Å². The minimum atomic E-state index is 0.0356. The molecule has 22 heavy (non-hydrogen) atoms. The Kier molecular flexibility index (Phi) is 14.5. The summed E-state index contributed by atoms with van der Waals surface area (Å²) in [6.45, 7) is 15.4. The number of hydrogen-bond donors (Lipinski definition) is 1. The van der Waals surface area contributed by atoms with Crippen LogP contribution in [0.3, 0.4) is 0 Å². The highest BCUT2D eigenvalue weighted by Crippen LogP contribution is 1.96. The molecule has 0 aliphatic heterocycles. The maximum absolute atomic E-state index is 11.6. The van der Waals surface area contributed by atoms with Crippen molar-refractivity contribution in [2.24, 2.45) is 11.8 Å². The normalized spacial score (nSPS) is 10.9. The lowest BCUT2D eigenvalue weighted by Crippen LogP contribution is -2.39. The van der Waals surface area contributed by atoms with E-state index in [1.807, 2.05) is 60.5 Å². The molecule has 0 heterocycles. The van der Waals surface area contributed by atoms with Crippen molar-refractivity contribution in [3.63, 3.8) is 0 Å². The van der Waals surface area contributed by atoms with Crippen LogP contribution in [-0.4, -0.2) is 68.3 Å². The molecule has 0 unspecified atom stereocenters. The fourth-order valence-electron chi connectivity index (χ4n) is 1.55. The van der Waals surface area contributed by atoms with E-state index >= 15 is 0 Å². The van der Waals surface area contributed by atoms with E-state index in [-0.39, 0.29) is 23.5 Å². The topological polar surface area (TPSA) is 52.7 Å². The number of hydrogen-bond acceptors (Lipinski definition) is 4. The van der Waals surface area contributed by atoms with E-state index in [2.05, 4.69) is 10.2 Å². The molecule has 0 aromatic carbocycles. The summed E-state index contributed by atoms with van der Waals surface area (Å²) in [7, 11) is 3.99. The lowest BCUT2D eigenvalue weighted by molar-refractivity contribution is -0.124. The zero-order valence-electron chi connectivity index (χ0n) is 15.9. The molecule has 132 valence electrons. The summed E-state index contributed by atoms with van der Waals surface area (Å²) in [5, 5.41) is 2.90. The third-order valence-corrected chi connectivity index (χ3v) is 3.25. The number of likely N-dealkylation sites (N-methyl/N-ethyl adjacent to an activating group) is 2. The van der Waals surface area contributed by atoms with Gasteiger partial charge in [0.2, 0.25) is 5.91 Å². The smallest absolute Gasteiger partial charge is 0.222 e. The highest BCUT2D eigenvalue weighted by molar-refractivity contribution is 5.82. The van der Waals surface area contributed by atoms with Gasteiger partial charge in [0, 0.05) is 38.0 Å². The molecular formula is C17H37N3O2.